The Kier molecular flexibility index (Phi) is 4.79. The molecular weight excluding hydrogens is 300 g/mol. The van der Waals surface area contributed by atoms with Crippen molar-refractivity contribution in [1.82, 2.24) is 15.5 Å². The van der Waals surface area contributed by atoms with Gasteiger partial charge in [-0.05, 0) is 54.0 Å². The molecule has 0 bridgehead atoms. The molecule has 5 heteroatoms. The number of hydrogen-bond donors (Lipinski definition) is 2. The molecule has 1 aromatic heterocycles. The lowest BCUT2D eigenvalue weighted by atomic mass is 9.85. The number of rotatable bonds is 4. The Labute approximate surface area is 142 Å². The second-order valence-electron chi connectivity index (χ2n) is 6.59. The Balaban J connectivity index is 1.82. The number of amides is 1. The van der Waals surface area contributed by atoms with Gasteiger partial charge in [-0.3, -0.25) is 4.79 Å². The number of fused-ring (bicyclic) bond motifs is 1. The molecule has 1 heterocycles. The van der Waals surface area contributed by atoms with E-state index in [1.165, 1.54) is 16.7 Å². The standard InChI is InChI=1S/C19H24N4O/c1-12(2)14-8-7-13-5-4-6-16(15(13)11-14)21-18-10-9-17(22-23-18)19(24)20-3/h7-12,16H,4-6H2,1-3H3,(H,20,24)(H,21,23)/t16-/m1/s1. The summed E-state index contributed by atoms with van der Waals surface area (Å²) in [6, 6.07) is 10.6. The first-order valence-corrected chi connectivity index (χ1v) is 8.53. The van der Waals surface area contributed by atoms with E-state index in [1.807, 2.05) is 6.07 Å². The molecule has 5 nitrogen and oxygen atoms in total. The van der Waals surface area contributed by atoms with E-state index < -0.39 is 0 Å². The van der Waals surface area contributed by atoms with E-state index in [9.17, 15) is 4.79 Å². The maximum atomic E-state index is 11.5. The lowest BCUT2D eigenvalue weighted by Crippen LogP contribution is -2.21. The van der Waals surface area contributed by atoms with Crippen LogP contribution in [-0.4, -0.2) is 23.2 Å². The number of benzene rings is 1. The van der Waals surface area contributed by atoms with E-state index in [4.69, 9.17) is 0 Å². The molecule has 2 N–H and O–H groups in total. The van der Waals surface area contributed by atoms with Crippen LogP contribution >= 0.6 is 0 Å². The highest BCUT2D eigenvalue weighted by Crippen LogP contribution is 2.34. The lowest BCUT2D eigenvalue weighted by molar-refractivity contribution is 0.0957. The van der Waals surface area contributed by atoms with Gasteiger partial charge in [0.1, 0.15) is 5.82 Å². The lowest BCUT2D eigenvalue weighted by Gasteiger charge is -2.27. The molecule has 2 aromatic rings. The smallest absolute Gasteiger partial charge is 0.271 e. The Bertz CT molecular complexity index is 725. The quantitative estimate of drug-likeness (QED) is 0.904. The fourth-order valence-corrected chi connectivity index (χ4v) is 3.16. The predicted molar refractivity (Wildman–Crippen MR) is 95.3 cm³/mol. The number of aryl methyl sites for hydroxylation is 1. The molecule has 1 amide bonds. The van der Waals surface area contributed by atoms with Crippen molar-refractivity contribution in [3.05, 3.63) is 52.7 Å². The van der Waals surface area contributed by atoms with Crippen molar-refractivity contribution < 1.29 is 4.79 Å². The second-order valence-corrected chi connectivity index (χ2v) is 6.59. The highest BCUT2D eigenvalue weighted by Gasteiger charge is 2.21. The van der Waals surface area contributed by atoms with Crippen LogP contribution in [0.1, 0.15) is 65.8 Å². The van der Waals surface area contributed by atoms with Crippen LogP contribution < -0.4 is 10.6 Å². The summed E-state index contributed by atoms with van der Waals surface area (Å²) in [5.41, 5.74) is 4.47. The SMILES string of the molecule is CNC(=O)c1ccc(N[C@@H]2CCCc3ccc(C(C)C)cc32)nn1. The average molecular weight is 324 g/mol. The zero-order valence-corrected chi connectivity index (χ0v) is 14.5. The third-order valence-electron chi connectivity index (χ3n) is 4.60. The summed E-state index contributed by atoms with van der Waals surface area (Å²) in [6.45, 7) is 4.44. The van der Waals surface area contributed by atoms with Crippen LogP contribution in [-0.2, 0) is 6.42 Å². The minimum Gasteiger partial charge on any atom is -0.362 e. The molecule has 0 radical (unpaired) electrons. The van der Waals surface area contributed by atoms with Crippen LogP contribution in [0.25, 0.3) is 0 Å². The van der Waals surface area contributed by atoms with Gasteiger partial charge in [-0.2, -0.15) is 0 Å². The predicted octanol–water partition coefficient (Wildman–Crippen LogP) is 3.45. The van der Waals surface area contributed by atoms with Crippen LogP contribution in [0.3, 0.4) is 0 Å². The first-order valence-electron chi connectivity index (χ1n) is 8.53. The molecule has 3 rings (SSSR count). The Morgan fingerprint density at radius 3 is 2.71 bits per heavy atom. The first kappa shape index (κ1) is 16.4. The van der Waals surface area contributed by atoms with Gasteiger partial charge in [-0.15, -0.1) is 10.2 Å². The number of nitrogens with zero attached hydrogens (tertiary/aromatic N) is 2. The number of hydrogen-bond acceptors (Lipinski definition) is 4. The van der Waals surface area contributed by atoms with Crippen molar-refractivity contribution in [1.29, 1.82) is 0 Å². The van der Waals surface area contributed by atoms with Crippen molar-refractivity contribution in [2.24, 2.45) is 0 Å². The van der Waals surface area contributed by atoms with Crippen LogP contribution in [0.4, 0.5) is 5.82 Å². The van der Waals surface area contributed by atoms with Crippen molar-refractivity contribution in [3.8, 4) is 0 Å². The molecule has 24 heavy (non-hydrogen) atoms. The van der Waals surface area contributed by atoms with Gasteiger partial charge in [0, 0.05) is 7.05 Å². The number of anilines is 1. The van der Waals surface area contributed by atoms with E-state index >= 15 is 0 Å². The van der Waals surface area contributed by atoms with Crippen LogP contribution in [0.5, 0.6) is 0 Å². The monoisotopic (exact) mass is 324 g/mol. The zero-order chi connectivity index (χ0) is 17.1. The fourth-order valence-electron chi connectivity index (χ4n) is 3.16. The molecule has 1 aliphatic rings. The van der Waals surface area contributed by atoms with Gasteiger partial charge in [0.2, 0.25) is 0 Å². The van der Waals surface area contributed by atoms with E-state index in [1.54, 1.807) is 13.1 Å². The molecule has 0 unspecified atom stereocenters. The highest BCUT2D eigenvalue weighted by atomic mass is 16.1. The Morgan fingerprint density at radius 1 is 1.21 bits per heavy atom. The minimum absolute atomic E-state index is 0.223. The Hall–Kier alpha value is -2.43. The third-order valence-corrected chi connectivity index (χ3v) is 4.60. The summed E-state index contributed by atoms with van der Waals surface area (Å²) in [7, 11) is 1.58. The zero-order valence-electron chi connectivity index (χ0n) is 14.5. The number of carbonyl (C=O) groups excluding carboxylic acids is 1. The molecule has 0 spiro atoms. The van der Waals surface area contributed by atoms with E-state index in [0.717, 1.165) is 19.3 Å². The maximum Gasteiger partial charge on any atom is 0.271 e. The van der Waals surface area contributed by atoms with Gasteiger partial charge in [-0.1, -0.05) is 32.0 Å². The van der Waals surface area contributed by atoms with Crippen LogP contribution in [0, 0.1) is 0 Å². The van der Waals surface area contributed by atoms with Crippen molar-refractivity contribution in [3.63, 3.8) is 0 Å². The first-order chi connectivity index (χ1) is 11.6. The topological polar surface area (TPSA) is 66.9 Å². The Morgan fingerprint density at radius 2 is 2.04 bits per heavy atom. The van der Waals surface area contributed by atoms with Gasteiger partial charge in [0.25, 0.3) is 5.91 Å². The number of nitrogens with one attached hydrogen (secondary N) is 2. The summed E-state index contributed by atoms with van der Waals surface area (Å²) in [5, 5.41) is 14.2. The molecule has 1 aromatic carbocycles. The fraction of sp³-hybridized carbons (Fsp3) is 0.421. The van der Waals surface area contributed by atoms with Crippen molar-refractivity contribution >= 4 is 11.7 Å². The number of carbonyl (C=O) groups is 1. The largest absolute Gasteiger partial charge is 0.362 e. The van der Waals surface area contributed by atoms with Gasteiger partial charge in [-0.25, -0.2) is 0 Å². The van der Waals surface area contributed by atoms with Gasteiger partial charge < -0.3 is 10.6 Å². The summed E-state index contributed by atoms with van der Waals surface area (Å²) in [5.74, 6) is 0.999. The normalized spacial score (nSPS) is 16.6. The van der Waals surface area contributed by atoms with E-state index in [-0.39, 0.29) is 11.9 Å². The highest BCUT2D eigenvalue weighted by molar-refractivity contribution is 5.91. The average Bonchev–Trinajstić information content (AvgIpc) is 2.61. The summed E-state index contributed by atoms with van der Waals surface area (Å²) >= 11 is 0. The maximum absolute atomic E-state index is 11.5. The van der Waals surface area contributed by atoms with Crippen molar-refractivity contribution in [2.75, 3.05) is 12.4 Å². The summed E-state index contributed by atoms with van der Waals surface area (Å²) in [6.07, 6.45) is 3.37. The summed E-state index contributed by atoms with van der Waals surface area (Å²) < 4.78 is 0. The molecule has 0 saturated heterocycles. The van der Waals surface area contributed by atoms with E-state index in [2.05, 4.69) is 52.9 Å². The third kappa shape index (κ3) is 3.40. The summed E-state index contributed by atoms with van der Waals surface area (Å²) in [4.78, 5) is 11.5. The minimum atomic E-state index is -0.223. The van der Waals surface area contributed by atoms with Gasteiger partial charge >= 0.3 is 0 Å². The molecular formula is C19H24N4O. The molecule has 1 atom stereocenters. The molecule has 1 aliphatic carbocycles. The second kappa shape index (κ2) is 6.99. The number of aromatic nitrogens is 2. The molecule has 0 fully saturated rings. The van der Waals surface area contributed by atoms with Crippen LogP contribution in [0.2, 0.25) is 0 Å². The molecule has 0 saturated carbocycles. The van der Waals surface area contributed by atoms with Crippen molar-refractivity contribution in [2.45, 2.75) is 45.1 Å². The van der Waals surface area contributed by atoms with Gasteiger partial charge in [0.05, 0.1) is 6.04 Å². The molecule has 0 aliphatic heterocycles. The van der Waals surface area contributed by atoms with E-state index in [0.29, 0.717) is 17.4 Å². The van der Waals surface area contributed by atoms with Crippen LogP contribution in [0.15, 0.2) is 30.3 Å². The molecule has 126 valence electrons. The van der Waals surface area contributed by atoms with Gasteiger partial charge in [0.15, 0.2) is 5.69 Å².